The average Bonchev–Trinajstić information content (AvgIpc) is 2.53. The number of ether oxygens (including phenoxy) is 1. The number of hydrazone groups is 1. The lowest BCUT2D eigenvalue weighted by Crippen LogP contribution is -2.18. The molecule has 126 valence electrons. The Labute approximate surface area is 160 Å². The highest BCUT2D eigenvalue weighted by Gasteiger charge is 2.15. The van der Waals surface area contributed by atoms with E-state index in [0.717, 1.165) is 5.56 Å². The van der Waals surface area contributed by atoms with Crippen LogP contribution < -0.4 is 10.2 Å². The van der Waals surface area contributed by atoms with Crippen molar-refractivity contribution >= 4 is 55.6 Å². The van der Waals surface area contributed by atoms with Gasteiger partial charge in [0.25, 0.3) is 5.91 Å². The molecular formula is C16H13Br2ClN2O3. The van der Waals surface area contributed by atoms with Crippen LogP contribution in [0.3, 0.4) is 0 Å². The SMILES string of the molecule is COc1cc(Br)c(Br)c(/C=N/NC(=O)c2ccc(C)cc2Cl)c1O. The minimum Gasteiger partial charge on any atom is -0.504 e. The lowest BCUT2D eigenvalue weighted by molar-refractivity contribution is 0.0955. The lowest BCUT2D eigenvalue weighted by Gasteiger charge is -2.09. The van der Waals surface area contributed by atoms with Crippen molar-refractivity contribution in [3.05, 3.63) is 54.9 Å². The molecule has 2 aromatic carbocycles. The molecular weight excluding hydrogens is 463 g/mol. The zero-order chi connectivity index (χ0) is 17.9. The number of methoxy groups -OCH3 is 1. The van der Waals surface area contributed by atoms with Crippen LogP contribution in [0.15, 0.2) is 38.3 Å². The van der Waals surface area contributed by atoms with Gasteiger partial charge in [-0.1, -0.05) is 17.7 Å². The Balaban J connectivity index is 2.23. The van der Waals surface area contributed by atoms with E-state index in [1.165, 1.54) is 13.3 Å². The van der Waals surface area contributed by atoms with Crippen LogP contribution in [0.25, 0.3) is 0 Å². The van der Waals surface area contributed by atoms with Gasteiger partial charge in [-0.05, 0) is 62.5 Å². The van der Waals surface area contributed by atoms with Crippen LogP contribution in [0.2, 0.25) is 5.02 Å². The first kappa shape index (κ1) is 18.8. The van der Waals surface area contributed by atoms with E-state index in [4.69, 9.17) is 16.3 Å². The largest absolute Gasteiger partial charge is 0.504 e. The summed E-state index contributed by atoms with van der Waals surface area (Å²) < 4.78 is 6.33. The fourth-order valence-electron chi connectivity index (χ4n) is 1.91. The van der Waals surface area contributed by atoms with E-state index >= 15 is 0 Å². The second kappa shape index (κ2) is 8.00. The number of phenols is 1. The highest BCUT2D eigenvalue weighted by Crippen LogP contribution is 2.39. The van der Waals surface area contributed by atoms with Crippen LogP contribution in [0, 0.1) is 6.92 Å². The van der Waals surface area contributed by atoms with Crippen molar-refractivity contribution in [3.8, 4) is 11.5 Å². The van der Waals surface area contributed by atoms with Crippen LogP contribution in [-0.2, 0) is 0 Å². The summed E-state index contributed by atoms with van der Waals surface area (Å²) in [6, 6.07) is 6.72. The molecule has 8 heteroatoms. The minimum absolute atomic E-state index is 0.0982. The van der Waals surface area contributed by atoms with E-state index in [1.54, 1.807) is 24.3 Å². The van der Waals surface area contributed by atoms with Gasteiger partial charge in [-0.25, -0.2) is 5.43 Å². The number of rotatable bonds is 4. The Morgan fingerprint density at radius 3 is 2.71 bits per heavy atom. The molecule has 2 N–H and O–H groups in total. The summed E-state index contributed by atoms with van der Waals surface area (Å²) >= 11 is 12.7. The molecule has 24 heavy (non-hydrogen) atoms. The summed E-state index contributed by atoms with van der Waals surface area (Å²) in [7, 11) is 1.44. The van der Waals surface area contributed by atoms with Crippen LogP contribution in [0.5, 0.6) is 11.5 Å². The molecule has 0 radical (unpaired) electrons. The highest BCUT2D eigenvalue weighted by atomic mass is 79.9. The molecule has 0 saturated heterocycles. The predicted octanol–water partition coefficient (Wildman–Crippen LogP) is 4.65. The molecule has 0 bridgehead atoms. The van der Waals surface area contributed by atoms with Crippen LogP contribution in [0.4, 0.5) is 0 Å². The number of halogens is 3. The number of amides is 1. The van der Waals surface area contributed by atoms with Crippen LogP contribution >= 0.6 is 43.5 Å². The van der Waals surface area contributed by atoms with Gasteiger partial charge in [-0.15, -0.1) is 0 Å². The fourth-order valence-corrected chi connectivity index (χ4v) is 3.05. The smallest absolute Gasteiger partial charge is 0.272 e. The Morgan fingerprint density at radius 1 is 1.38 bits per heavy atom. The van der Waals surface area contributed by atoms with Crippen molar-refractivity contribution in [3.63, 3.8) is 0 Å². The van der Waals surface area contributed by atoms with Crippen molar-refractivity contribution in [2.75, 3.05) is 7.11 Å². The Kier molecular flexibility index (Phi) is 6.26. The van der Waals surface area contributed by atoms with Crippen LogP contribution in [0.1, 0.15) is 21.5 Å². The number of carbonyl (C=O) groups is 1. The molecule has 2 aromatic rings. The molecule has 2 rings (SSSR count). The molecule has 5 nitrogen and oxygen atoms in total. The molecule has 0 saturated carbocycles. The third kappa shape index (κ3) is 4.09. The number of nitrogens with zero attached hydrogens (tertiary/aromatic N) is 1. The quantitative estimate of drug-likeness (QED) is 0.499. The number of hydrogen-bond acceptors (Lipinski definition) is 4. The molecule has 0 fully saturated rings. The fraction of sp³-hybridized carbons (Fsp3) is 0.125. The zero-order valence-electron chi connectivity index (χ0n) is 12.7. The molecule has 0 heterocycles. The van der Waals surface area contributed by atoms with Gasteiger partial charge in [0.2, 0.25) is 0 Å². The van der Waals surface area contributed by atoms with E-state index in [-0.39, 0.29) is 11.5 Å². The normalized spacial score (nSPS) is 10.9. The van der Waals surface area contributed by atoms with Crippen molar-refractivity contribution in [2.45, 2.75) is 6.92 Å². The molecule has 0 aromatic heterocycles. The number of phenolic OH excluding ortho intramolecular Hbond substituents is 1. The molecule has 0 aliphatic carbocycles. The van der Waals surface area contributed by atoms with E-state index in [0.29, 0.717) is 25.1 Å². The average molecular weight is 477 g/mol. The third-order valence-corrected chi connectivity index (χ3v) is 5.47. The van der Waals surface area contributed by atoms with E-state index in [1.807, 2.05) is 6.92 Å². The van der Waals surface area contributed by atoms with E-state index < -0.39 is 5.91 Å². The maximum atomic E-state index is 12.1. The summed E-state index contributed by atoms with van der Waals surface area (Å²) in [6.07, 6.45) is 1.31. The van der Waals surface area contributed by atoms with Gasteiger partial charge in [0.05, 0.1) is 29.5 Å². The Morgan fingerprint density at radius 2 is 2.08 bits per heavy atom. The first-order chi connectivity index (χ1) is 11.3. The van der Waals surface area contributed by atoms with Crippen molar-refractivity contribution in [1.29, 1.82) is 0 Å². The first-order valence-corrected chi connectivity index (χ1v) is 8.66. The second-order valence-electron chi connectivity index (χ2n) is 4.82. The van der Waals surface area contributed by atoms with Gasteiger partial charge in [0.1, 0.15) is 0 Å². The molecule has 0 aliphatic heterocycles. The third-order valence-electron chi connectivity index (χ3n) is 3.14. The number of carbonyl (C=O) groups excluding carboxylic acids is 1. The lowest BCUT2D eigenvalue weighted by atomic mass is 10.1. The molecule has 0 aliphatic rings. The Bertz CT molecular complexity index is 825. The molecule has 0 spiro atoms. The van der Waals surface area contributed by atoms with Crippen molar-refractivity contribution in [1.82, 2.24) is 5.43 Å². The molecule has 0 unspecified atom stereocenters. The second-order valence-corrected chi connectivity index (χ2v) is 6.87. The van der Waals surface area contributed by atoms with Gasteiger partial charge >= 0.3 is 0 Å². The number of aryl methyl sites for hydroxylation is 1. The highest BCUT2D eigenvalue weighted by molar-refractivity contribution is 9.13. The van der Waals surface area contributed by atoms with Gasteiger partial charge in [-0.3, -0.25) is 4.79 Å². The van der Waals surface area contributed by atoms with Crippen molar-refractivity contribution in [2.24, 2.45) is 5.10 Å². The summed E-state index contributed by atoms with van der Waals surface area (Å²) in [6.45, 7) is 1.88. The number of aromatic hydroxyl groups is 1. The minimum atomic E-state index is -0.450. The van der Waals surface area contributed by atoms with E-state index in [2.05, 4.69) is 42.4 Å². The maximum Gasteiger partial charge on any atom is 0.272 e. The van der Waals surface area contributed by atoms with Crippen LogP contribution in [-0.4, -0.2) is 24.3 Å². The molecule has 0 atom stereocenters. The van der Waals surface area contributed by atoms with Crippen molar-refractivity contribution < 1.29 is 14.6 Å². The standard InChI is InChI=1S/C16H13Br2ClN2O3/c1-8-3-4-9(12(19)5-8)16(23)21-20-7-10-14(18)11(17)6-13(24-2)15(10)22/h3-7,22H,1-2H3,(H,21,23)/b20-7+. The number of hydrogen-bond donors (Lipinski definition) is 2. The van der Waals surface area contributed by atoms with Gasteiger partial charge in [-0.2, -0.15) is 5.10 Å². The topological polar surface area (TPSA) is 70.9 Å². The van der Waals surface area contributed by atoms with Gasteiger partial charge in [0.15, 0.2) is 11.5 Å². The summed E-state index contributed by atoms with van der Waals surface area (Å²) in [5.74, 6) is -0.271. The number of benzene rings is 2. The maximum absolute atomic E-state index is 12.1. The summed E-state index contributed by atoms with van der Waals surface area (Å²) in [5.41, 5.74) is 4.00. The molecule has 1 amide bonds. The summed E-state index contributed by atoms with van der Waals surface area (Å²) in [5, 5.41) is 14.4. The zero-order valence-corrected chi connectivity index (χ0v) is 16.7. The Hall–Kier alpha value is -1.57. The van der Waals surface area contributed by atoms with E-state index in [9.17, 15) is 9.90 Å². The monoisotopic (exact) mass is 474 g/mol. The number of nitrogens with one attached hydrogen (secondary N) is 1. The predicted molar refractivity (Wildman–Crippen MR) is 101 cm³/mol. The summed E-state index contributed by atoms with van der Waals surface area (Å²) in [4.78, 5) is 12.1. The van der Waals surface area contributed by atoms with Gasteiger partial charge in [0, 0.05) is 8.95 Å². The first-order valence-electron chi connectivity index (χ1n) is 6.69. The van der Waals surface area contributed by atoms with Gasteiger partial charge < -0.3 is 9.84 Å².